The highest BCUT2D eigenvalue weighted by atomic mass is 19.1. The van der Waals surface area contributed by atoms with E-state index in [1.165, 1.54) is 11.8 Å². The van der Waals surface area contributed by atoms with Crippen LogP contribution in [0.5, 0.6) is 0 Å². The largest absolute Gasteiger partial charge is 0.342 e. The van der Waals surface area contributed by atoms with Crippen molar-refractivity contribution >= 4 is 17.8 Å². The van der Waals surface area contributed by atoms with Crippen molar-refractivity contribution < 1.29 is 23.2 Å². The minimum absolute atomic E-state index is 0.279. The van der Waals surface area contributed by atoms with Crippen molar-refractivity contribution in [2.75, 3.05) is 19.6 Å². The smallest absolute Gasteiger partial charge is 0.325 e. The van der Waals surface area contributed by atoms with Gasteiger partial charge in [-0.2, -0.15) is 0 Å². The number of rotatable bonds is 5. The van der Waals surface area contributed by atoms with E-state index in [-0.39, 0.29) is 5.56 Å². The SMILES string of the molecule is CCN(CC)C(=O)CN1C(=O)N[C@](C)(c2cc(F)ccc2F)C1=O. The normalized spacial score (nSPS) is 20.3. The first kappa shape index (κ1) is 17.8. The highest BCUT2D eigenvalue weighted by Gasteiger charge is 2.51. The molecule has 1 aromatic rings. The number of nitrogens with one attached hydrogen (secondary N) is 1. The minimum atomic E-state index is -1.76. The van der Waals surface area contributed by atoms with Crippen LogP contribution in [0.4, 0.5) is 13.6 Å². The molecule has 0 saturated carbocycles. The molecule has 8 heteroatoms. The first-order chi connectivity index (χ1) is 11.2. The molecular formula is C16H19F2N3O3. The molecule has 1 atom stereocenters. The lowest BCUT2D eigenvalue weighted by Crippen LogP contribution is -2.44. The molecule has 2 rings (SSSR count). The first-order valence-corrected chi connectivity index (χ1v) is 7.62. The van der Waals surface area contributed by atoms with E-state index in [0.717, 1.165) is 23.1 Å². The fourth-order valence-corrected chi connectivity index (χ4v) is 2.72. The Morgan fingerprint density at radius 2 is 1.88 bits per heavy atom. The summed E-state index contributed by atoms with van der Waals surface area (Å²) in [5.74, 6) is -2.73. The number of nitrogens with zero attached hydrogens (tertiary/aromatic N) is 2. The Morgan fingerprint density at radius 3 is 2.46 bits per heavy atom. The van der Waals surface area contributed by atoms with Crippen LogP contribution in [0.2, 0.25) is 0 Å². The molecule has 1 N–H and O–H groups in total. The number of benzene rings is 1. The molecule has 0 unspecified atom stereocenters. The van der Waals surface area contributed by atoms with Crippen LogP contribution in [0.25, 0.3) is 0 Å². The highest BCUT2D eigenvalue weighted by molar-refractivity contribution is 6.09. The fourth-order valence-electron chi connectivity index (χ4n) is 2.72. The van der Waals surface area contributed by atoms with Crippen LogP contribution in [0.1, 0.15) is 26.3 Å². The number of carbonyl (C=O) groups is 3. The van der Waals surface area contributed by atoms with E-state index < -0.39 is 41.6 Å². The van der Waals surface area contributed by atoms with E-state index in [0.29, 0.717) is 13.1 Å². The first-order valence-electron chi connectivity index (χ1n) is 7.62. The Morgan fingerprint density at radius 1 is 1.25 bits per heavy atom. The van der Waals surface area contributed by atoms with Crippen molar-refractivity contribution in [3.05, 3.63) is 35.4 Å². The summed E-state index contributed by atoms with van der Waals surface area (Å²) < 4.78 is 27.5. The van der Waals surface area contributed by atoms with Crippen LogP contribution >= 0.6 is 0 Å². The van der Waals surface area contributed by atoms with Gasteiger partial charge in [0.2, 0.25) is 5.91 Å². The van der Waals surface area contributed by atoms with E-state index in [1.54, 1.807) is 13.8 Å². The molecule has 0 spiro atoms. The van der Waals surface area contributed by atoms with Gasteiger partial charge in [0.05, 0.1) is 0 Å². The van der Waals surface area contributed by atoms with Gasteiger partial charge in [0.1, 0.15) is 23.7 Å². The van der Waals surface area contributed by atoms with Gasteiger partial charge in [-0.1, -0.05) is 0 Å². The summed E-state index contributed by atoms with van der Waals surface area (Å²) in [6.07, 6.45) is 0. The molecule has 1 aromatic carbocycles. The van der Waals surface area contributed by atoms with Gasteiger partial charge in [-0.05, 0) is 39.0 Å². The number of carbonyl (C=O) groups excluding carboxylic acids is 3. The van der Waals surface area contributed by atoms with Gasteiger partial charge < -0.3 is 10.2 Å². The maximum atomic E-state index is 14.0. The van der Waals surface area contributed by atoms with E-state index in [9.17, 15) is 23.2 Å². The Labute approximate surface area is 138 Å². The summed E-state index contributed by atoms with van der Waals surface area (Å²) >= 11 is 0. The number of hydrogen-bond acceptors (Lipinski definition) is 3. The molecule has 1 aliphatic heterocycles. The summed E-state index contributed by atoms with van der Waals surface area (Å²) in [5, 5.41) is 2.35. The van der Waals surface area contributed by atoms with Gasteiger partial charge in [-0.15, -0.1) is 0 Å². The molecule has 1 aliphatic rings. The predicted octanol–water partition coefficient (Wildman–Crippen LogP) is 1.60. The van der Waals surface area contributed by atoms with Crippen molar-refractivity contribution in [1.82, 2.24) is 15.1 Å². The topological polar surface area (TPSA) is 69.7 Å². The third-order valence-electron chi connectivity index (χ3n) is 4.15. The standard InChI is InChI=1S/C16H19F2N3O3/c1-4-20(5-2)13(22)9-21-14(23)16(3,19-15(21)24)11-8-10(17)6-7-12(11)18/h6-8H,4-5,9H2,1-3H3,(H,19,24)/t16-/m1/s1. The number of urea groups is 1. The van der Waals surface area contributed by atoms with Crippen LogP contribution in [-0.4, -0.2) is 47.3 Å². The van der Waals surface area contributed by atoms with Crippen molar-refractivity contribution in [1.29, 1.82) is 0 Å². The van der Waals surface area contributed by atoms with E-state index in [2.05, 4.69) is 5.32 Å². The summed E-state index contributed by atoms with van der Waals surface area (Å²) in [7, 11) is 0. The molecule has 0 aromatic heterocycles. The zero-order valence-corrected chi connectivity index (χ0v) is 13.7. The minimum Gasteiger partial charge on any atom is -0.342 e. The van der Waals surface area contributed by atoms with Gasteiger partial charge in [0.15, 0.2) is 0 Å². The average molecular weight is 339 g/mol. The molecule has 0 bridgehead atoms. The second-order valence-electron chi connectivity index (χ2n) is 5.64. The predicted molar refractivity (Wildman–Crippen MR) is 81.9 cm³/mol. The highest BCUT2D eigenvalue weighted by Crippen LogP contribution is 2.31. The van der Waals surface area contributed by atoms with Crippen LogP contribution in [0.15, 0.2) is 18.2 Å². The van der Waals surface area contributed by atoms with Crippen molar-refractivity contribution in [2.24, 2.45) is 0 Å². The molecule has 1 saturated heterocycles. The van der Waals surface area contributed by atoms with Crippen molar-refractivity contribution in [3.63, 3.8) is 0 Å². The molecule has 4 amide bonds. The molecule has 1 fully saturated rings. The quantitative estimate of drug-likeness (QED) is 0.829. The molecule has 6 nitrogen and oxygen atoms in total. The number of halogens is 2. The third-order valence-corrected chi connectivity index (χ3v) is 4.15. The fraction of sp³-hybridized carbons (Fsp3) is 0.438. The molecule has 1 heterocycles. The zero-order chi connectivity index (χ0) is 18.1. The molecule has 130 valence electrons. The Balaban J connectivity index is 2.31. The number of likely N-dealkylation sites (N-methyl/N-ethyl adjacent to an activating group) is 1. The summed E-state index contributed by atoms with van der Waals surface area (Å²) in [5.41, 5.74) is -2.04. The number of hydrogen-bond donors (Lipinski definition) is 1. The summed E-state index contributed by atoms with van der Waals surface area (Å²) in [6, 6.07) is 1.86. The van der Waals surface area contributed by atoms with Crippen LogP contribution in [0, 0.1) is 11.6 Å². The lowest BCUT2D eigenvalue weighted by atomic mass is 9.91. The maximum absolute atomic E-state index is 14.0. The lowest BCUT2D eigenvalue weighted by Gasteiger charge is -2.24. The Hall–Kier alpha value is -2.51. The van der Waals surface area contributed by atoms with Crippen LogP contribution in [0.3, 0.4) is 0 Å². The Bertz CT molecular complexity index is 691. The monoisotopic (exact) mass is 339 g/mol. The third kappa shape index (κ3) is 2.95. The van der Waals surface area contributed by atoms with Crippen LogP contribution in [-0.2, 0) is 15.1 Å². The second-order valence-corrected chi connectivity index (χ2v) is 5.64. The summed E-state index contributed by atoms with van der Waals surface area (Å²) in [6.45, 7) is 5.27. The average Bonchev–Trinajstić information content (AvgIpc) is 2.75. The molecular weight excluding hydrogens is 320 g/mol. The summed E-state index contributed by atoms with van der Waals surface area (Å²) in [4.78, 5) is 39.1. The van der Waals surface area contributed by atoms with Gasteiger partial charge in [0, 0.05) is 18.7 Å². The van der Waals surface area contributed by atoms with Crippen molar-refractivity contribution in [2.45, 2.75) is 26.3 Å². The van der Waals surface area contributed by atoms with Crippen LogP contribution < -0.4 is 5.32 Å². The second kappa shape index (κ2) is 6.54. The van der Waals surface area contributed by atoms with Gasteiger partial charge >= 0.3 is 6.03 Å². The zero-order valence-electron chi connectivity index (χ0n) is 13.7. The Kier molecular flexibility index (Phi) is 4.86. The number of amides is 4. The molecule has 0 aliphatic carbocycles. The van der Waals surface area contributed by atoms with Crippen molar-refractivity contribution in [3.8, 4) is 0 Å². The molecule has 0 radical (unpaired) electrons. The van der Waals surface area contributed by atoms with E-state index >= 15 is 0 Å². The molecule has 24 heavy (non-hydrogen) atoms. The lowest BCUT2D eigenvalue weighted by molar-refractivity contribution is -0.138. The van der Waals surface area contributed by atoms with E-state index in [1.807, 2.05) is 0 Å². The van der Waals surface area contributed by atoms with Gasteiger partial charge in [-0.25, -0.2) is 13.6 Å². The number of imide groups is 1. The maximum Gasteiger partial charge on any atom is 0.325 e. The van der Waals surface area contributed by atoms with Gasteiger partial charge in [0.25, 0.3) is 5.91 Å². The van der Waals surface area contributed by atoms with E-state index in [4.69, 9.17) is 0 Å². The van der Waals surface area contributed by atoms with Gasteiger partial charge in [-0.3, -0.25) is 14.5 Å².